The normalized spacial score (nSPS) is 13.0. The Kier molecular flexibility index (Phi) is 10.1. The highest BCUT2D eigenvalue weighted by atomic mass is 35.5. The van der Waals surface area contributed by atoms with Crippen LogP contribution in [-0.2, 0) is 24.2 Å². The number of nitrogens with zero attached hydrogens (tertiary/aromatic N) is 2. The predicted molar refractivity (Wildman–Crippen MR) is 149 cm³/mol. The van der Waals surface area contributed by atoms with Gasteiger partial charge in [0.05, 0.1) is 27.1 Å². The summed E-state index contributed by atoms with van der Waals surface area (Å²) < 4.78 is 5.63. The number of fused-ring (bicyclic) bond motifs is 1. The van der Waals surface area contributed by atoms with Crippen molar-refractivity contribution in [1.82, 2.24) is 15.2 Å². The zero-order chi connectivity index (χ0) is 25.8. The predicted octanol–water partition coefficient (Wildman–Crippen LogP) is 5.41. The van der Waals surface area contributed by atoms with Crippen molar-refractivity contribution < 1.29 is 19.1 Å². The highest BCUT2D eigenvalue weighted by molar-refractivity contribution is 7.18. The first kappa shape index (κ1) is 29.1. The van der Waals surface area contributed by atoms with Crippen LogP contribution < -0.4 is 10.6 Å². The number of anilines is 1. The SMILES string of the molecule is CCOC(=O)c1ccc(CNC(=O)c2ccc(Cl)s2)c(NC(=O)c2nc3c(s2)CN(C(C)C)CC3)c1.Cl. The molecule has 1 aliphatic heterocycles. The number of thiazole rings is 1. The lowest BCUT2D eigenvalue weighted by atomic mass is 10.1. The van der Waals surface area contributed by atoms with Crippen LogP contribution >= 0.6 is 46.7 Å². The minimum absolute atomic E-state index is 0. The van der Waals surface area contributed by atoms with E-state index < -0.39 is 5.97 Å². The van der Waals surface area contributed by atoms with Crippen LogP contribution in [0.2, 0.25) is 4.34 Å². The van der Waals surface area contributed by atoms with Gasteiger partial charge in [-0.3, -0.25) is 14.5 Å². The Balaban J connectivity index is 0.00000380. The van der Waals surface area contributed by atoms with Crippen LogP contribution in [0.1, 0.15) is 66.7 Å². The zero-order valence-electron chi connectivity index (χ0n) is 20.6. The Morgan fingerprint density at radius 1 is 1.16 bits per heavy atom. The van der Waals surface area contributed by atoms with E-state index in [1.165, 1.54) is 22.7 Å². The van der Waals surface area contributed by atoms with Crippen molar-refractivity contribution in [2.24, 2.45) is 0 Å². The van der Waals surface area contributed by atoms with Crippen LogP contribution in [0, 0.1) is 0 Å². The Bertz CT molecular complexity index is 1290. The van der Waals surface area contributed by atoms with E-state index in [1.54, 1.807) is 37.3 Å². The van der Waals surface area contributed by atoms with Crippen LogP contribution in [0.25, 0.3) is 0 Å². The Morgan fingerprint density at radius 3 is 2.62 bits per heavy atom. The lowest BCUT2D eigenvalue weighted by Gasteiger charge is -2.29. The number of esters is 1. The second kappa shape index (κ2) is 12.8. The molecular weight excluding hydrogens is 555 g/mol. The van der Waals surface area contributed by atoms with Crippen molar-refractivity contribution >= 4 is 70.2 Å². The quantitative estimate of drug-likeness (QED) is 0.345. The summed E-state index contributed by atoms with van der Waals surface area (Å²) >= 11 is 8.51. The molecule has 8 nitrogen and oxygen atoms in total. The summed E-state index contributed by atoms with van der Waals surface area (Å²) in [6.45, 7) is 8.11. The van der Waals surface area contributed by atoms with Crippen LogP contribution in [-0.4, -0.2) is 46.9 Å². The number of ether oxygens (including phenoxy) is 1. The summed E-state index contributed by atoms with van der Waals surface area (Å²) in [5.41, 5.74) is 2.31. The fraction of sp³-hybridized carbons (Fsp3) is 0.360. The molecule has 0 saturated heterocycles. The fourth-order valence-electron chi connectivity index (χ4n) is 3.82. The number of hydrogen-bond acceptors (Lipinski definition) is 8. The fourth-order valence-corrected chi connectivity index (χ4v) is 5.80. The number of amides is 2. The summed E-state index contributed by atoms with van der Waals surface area (Å²) in [4.78, 5) is 46.5. The summed E-state index contributed by atoms with van der Waals surface area (Å²) in [7, 11) is 0. The van der Waals surface area contributed by atoms with Gasteiger partial charge in [-0.25, -0.2) is 9.78 Å². The van der Waals surface area contributed by atoms with Gasteiger partial charge < -0.3 is 15.4 Å². The van der Waals surface area contributed by atoms with Gasteiger partial charge in [-0.1, -0.05) is 17.7 Å². The Hall–Kier alpha value is -2.50. The molecule has 1 aromatic carbocycles. The van der Waals surface area contributed by atoms with E-state index in [0.29, 0.717) is 37.1 Å². The number of thiophene rings is 1. The second-order valence-corrected chi connectivity index (χ2v) is 11.3. The maximum absolute atomic E-state index is 13.2. The van der Waals surface area contributed by atoms with E-state index in [2.05, 4.69) is 34.4 Å². The van der Waals surface area contributed by atoms with Crippen molar-refractivity contribution in [1.29, 1.82) is 0 Å². The number of aromatic nitrogens is 1. The van der Waals surface area contributed by atoms with Gasteiger partial charge in [-0.2, -0.15) is 0 Å². The molecule has 12 heteroatoms. The van der Waals surface area contributed by atoms with E-state index in [9.17, 15) is 14.4 Å². The lowest BCUT2D eigenvalue weighted by Crippen LogP contribution is -2.35. The Labute approximate surface area is 234 Å². The van der Waals surface area contributed by atoms with Gasteiger partial charge >= 0.3 is 5.97 Å². The molecule has 0 saturated carbocycles. The molecule has 3 heterocycles. The van der Waals surface area contributed by atoms with Gasteiger partial charge in [0.15, 0.2) is 5.01 Å². The molecule has 0 fully saturated rings. The van der Waals surface area contributed by atoms with Gasteiger partial charge in [-0.05, 0) is 50.6 Å². The number of benzene rings is 1. The standard InChI is InChI=1S/C25H27ClN4O4S2.ClH/c1-4-34-25(33)15-5-6-16(12-27-22(31)19-7-8-21(26)35-19)18(11-15)28-23(32)24-29-17-9-10-30(14(2)3)13-20(17)36-24;/h5-8,11,14H,4,9-10,12-13H2,1-3H3,(H,27,31)(H,28,32);1H. The van der Waals surface area contributed by atoms with Crippen LogP contribution in [0.5, 0.6) is 0 Å². The smallest absolute Gasteiger partial charge is 0.338 e. The van der Waals surface area contributed by atoms with Crippen molar-refractivity contribution in [3.05, 3.63) is 66.3 Å². The highest BCUT2D eigenvalue weighted by Crippen LogP contribution is 2.28. The van der Waals surface area contributed by atoms with Gasteiger partial charge in [0, 0.05) is 42.7 Å². The van der Waals surface area contributed by atoms with E-state index in [-0.39, 0.29) is 37.4 Å². The molecule has 0 radical (unpaired) electrons. The molecule has 37 heavy (non-hydrogen) atoms. The number of halogens is 2. The van der Waals surface area contributed by atoms with E-state index in [0.717, 1.165) is 30.1 Å². The van der Waals surface area contributed by atoms with Crippen molar-refractivity contribution in [2.45, 2.75) is 46.3 Å². The van der Waals surface area contributed by atoms with Crippen molar-refractivity contribution in [3.8, 4) is 0 Å². The number of rotatable bonds is 8. The number of hydrogen-bond donors (Lipinski definition) is 2. The maximum atomic E-state index is 13.2. The topological polar surface area (TPSA) is 101 Å². The summed E-state index contributed by atoms with van der Waals surface area (Å²) in [5, 5.41) is 6.10. The largest absolute Gasteiger partial charge is 0.462 e. The summed E-state index contributed by atoms with van der Waals surface area (Å²) in [5.74, 6) is -1.12. The molecule has 1 aliphatic rings. The van der Waals surface area contributed by atoms with Gasteiger partial charge in [0.1, 0.15) is 0 Å². The molecule has 2 N–H and O–H groups in total. The molecule has 0 spiro atoms. The summed E-state index contributed by atoms with van der Waals surface area (Å²) in [6, 6.07) is 8.60. The molecule has 0 unspecified atom stereocenters. The monoisotopic (exact) mass is 582 g/mol. The van der Waals surface area contributed by atoms with Gasteiger partial charge in [0.25, 0.3) is 11.8 Å². The van der Waals surface area contributed by atoms with E-state index in [1.807, 2.05) is 0 Å². The minimum Gasteiger partial charge on any atom is -0.462 e. The summed E-state index contributed by atoms with van der Waals surface area (Å²) in [6.07, 6.45) is 0.805. The molecular formula is C25H28Cl2N4O4S2. The molecule has 4 rings (SSSR count). The average molecular weight is 584 g/mol. The molecule has 198 valence electrons. The van der Waals surface area contributed by atoms with Crippen LogP contribution in [0.4, 0.5) is 5.69 Å². The third kappa shape index (κ3) is 7.08. The lowest BCUT2D eigenvalue weighted by molar-refractivity contribution is 0.0526. The van der Waals surface area contributed by atoms with Crippen LogP contribution in [0.15, 0.2) is 30.3 Å². The van der Waals surface area contributed by atoms with Crippen LogP contribution in [0.3, 0.4) is 0 Å². The first-order valence-electron chi connectivity index (χ1n) is 11.6. The minimum atomic E-state index is -0.490. The molecule has 0 bridgehead atoms. The van der Waals surface area contributed by atoms with Crippen molar-refractivity contribution in [3.63, 3.8) is 0 Å². The molecule has 2 aromatic heterocycles. The average Bonchev–Trinajstić information content (AvgIpc) is 3.49. The van der Waals surface area contributed by atoms with E-state index in [4.69, 9.17) is 16.3 Å². The number of carbonyl (C=O) groups excluding carboxylic acids is 3. The highest BCUT2D eigenvalue weighted by Gasteiger charge is 2.25. The van der Waals surface area contributed by atoms with E-state index >= 15 is 0 Å². The van der Waals surface area contributed by atoms with Gasteiger partial charge in [-0.15, -0.1) is 35.1 Å². The molecule has 0 atom stereocenters. The van der Waals surface area contributed by atoms with Gasteiger partial charge in [0.2, 0.25) is 0 Å². The molecule has 3 aromatic rings. The Morgan fingerprint density at radius 2 is 1.95 bits per heavy atom. The molecule has 0 aliphatic carbocycles. The first-order chi connectivity index (χ1) is 17.2. The number of carbonyl (C=O) groups is 3. The third-order valence-electron chi connectivity index (χ3n) is 5.79. The first-order valence-corrected chi connectivity index (χ1v) is 13.6. The second-order valence-electron chi connectivity index (χ2n) is 8.54. The third-order valence-corrected chi connectivity index (χ3v) is 8.10. The zero-order valence-corrected chi connectivity index (χ0v) is 23.8. The van der Waals surface area contributed by atoms with Crippen molar-refractivity contribution in [2.75, 3.05) is 18.5 Å². The maximum Gasteiger partial charge on any atom is 0.338 e. The number of nitrogens with one attached hydrogen (secondary N) is 2. The molecule has 2 amide bonds.